The molecule has 0 unspecified atom stereocenters. The van der Waals surface area contributed by atoms with E-state index in [1.165, 1.54) is 24.3 Å². The van der Waals surface area contributed by atoms with E-state index in [1.54, 1.807) is 0 Å². The Bertz CT molecular complexity index is 1560. The van der Waals surface area contributed by atoms with Crippen molar-refractivity contribution >= 4 is 16.6 Å². The highest BCUT2D eigenvalue weighted by Crippen LogP contribution is 2.30. The fraction of sp³-hybridized carbons (Fsp3) is 0.222. The summed E-state index contributed by atoms with van der Waals surface area (Å²) < 4.78 is 54.2. The third kappa shape index (κ3) is 5.05. The molecule has 0 amide bonds. The largest absolute Gasteiger partial charge is 0.573 e. The number of benzene rings is 3. The van der Waals surface area contributed by atoms with Gasteiger partial charge in [-0.15, -0.1) is 13.2 Å². The monoisotopic (exact) mass is 521 g/mol. The lowest BCUT2D eigenvalue weighted by molar-refractivity contribution is -0.274. The molecule has 1 aliphatic heterocycles. The fourth-order valence-corrected chi connectivity index (χ4v) is 4.49. The van der Waals surface area contributed by atoms with Gasteiger partial charge in [-0.25, -0.2) is 0 Å². The minimum absolute atomic E-state index is 0.215. The number of nitrogens with zero attached hydrogens (tertiary/aromatic N) is 5. The second-order valence-corrected chi connectivity index (χ2v) is 8.79. The van der Waals surface area contributed by atoms with Crippen LogP contribution in [-0.4, -0.2) is 52.6 Å². The number of halogens is 3. The van der Waals surface area contributed by atoms with Crippen LogP contribution in [0.3, 0.4) is 0 Å². The van der Waals surface area contributed by atoms with Crippen molar-refractivity contribution in [2.75, 3.05) is 31.2 Å². The van der Waals surface area contributed by atoms with Crippen LogP contribution in [0.15, 0.2) is 77.3 Å². The highest BCUT2D eigenvalue weighted by molar-refractivity contribution is 5.91. The van der Waals surface area contributed by atoms with Gasteiger partial charge in [-0.1, -0.05) is 35.5 Å². The molecule has 194 valence electrons. The first kappa shape index (κ1) is 24.0. The van der Waals surface area contributed by atoms with Gasteiger partial charge < -0.3 is 18.9 Å². The van der Waals surface area contributed by atoms with Crippen molar-refractivity contribution < 1.29 is 27.2 Å². The Balaban J connectivity index is 1.28. The fourth-order valence-electron chi connectivity index (χ4n) is 4.49. The lowest BCUT2D eigenvalue weighted by atomic mass is 10.1. The number of para-hydroxylation sites is 1. The molecule has 0 atom stereocenters. The Kier molecular flexibility index (Phi) is 6.20. The van der Waals surface area contributed by atoms with Crippen LogP contribution in [0.1, 0.15) is 5.56 Å². The number of aromatic nitrogens is 4. The van der Waals surface area contributed by atoms with Gasteiger partial charge in [-0.2, -0.15) is 10.1 Å². The molecule has 11 heteroatoms. The van der Waals surface area contributed by atoms with E-state index in [-0.39, 0.29) is 17.5 Å². The molecule has 38 heavy (non-hydrogen) atoms. The van der Waals surface area contributed by atoms with Crippen molar-refractivity contribution in [3.63, 3.8) is 0 Å². The molecule has 8 nitrogen and oxygen atoms in total. The molecule has 1 saturated heterocycles. The number of hydrogen-bond acceptors (Lipinski definition) is 7. The molecule has 0 spiro atoms. The minimum atomic E-state index is -4.76. The summed E-state index contributed by atoms with van der Waals surface area (Å²) in [7, 11) is 0. The lowest BCUT2D eigenvalue weighted by Crippen LogP contribution is -2.36. The van der Waals surface area contributed by atoms with Crippen LogP contribution in [0, 0.1) is 0 Å². The van der Waals surface area contributed by atoms with Gasteiger partial charge in [0.2, 0.25) is 5.82 Å². The quantitative estimate of drug-likeness (QED) is 0.291. The highest BCUT2D eigenvalue weighted by Gasteiger charge is 2.31. The number of anilines is 1. The van der Waals surface area contributed by atoms with Gasteiger partial charge in [0, 0.05) is 29.7 Å². The Morgan fingerprint density at radius 3 is 2.50 bits per heavy atom. The number of rotatable bonds is 6. The average Bonchev–Trinajstić information content (AvgIpc) is 3.55. The summed E-state index contributed by atoms with van der Waals surface area (Å²) in [6, 6.07) is 21.4. The Hall–Kier alpha value is -4.38. The third-order valence-electron chi connectivity index (χ3n) is 6.25. The summed E-state index contributed by atoms with van der Waals surface area (Å²) in [5.41, 5.74) is 4.17. The van der Waals surface area contributed by atoms with Crippen LogP contribution in [0.5, 0.6) is 5.75 Å². The first-order valence-corrected chi connectivity index (χ1v) is 12.0. The molecule has 0 aliphatic carbocycles. The highest BCUT2D eigenvalue weighted by atomic mass is 19.4. The van der Waals surface area contributed by atoms with E-state index in [0.29, 0.717) is 17.8 Å². The van der Waals surface area contributed by atoms with Crippen LogP contribution < -0.4 is 9.64 Å². The van der Waals surface area contributed by atoms with Crippen LogP contribution in [0.4, 0.5) is 18.9 Å². The zero-order valence-electron chi connectivity index (χ0n) is 20.1. The number of morpholine rings is 1. The Morgan fingerprint density at radius 1 is 0.921 bits per heavy atom. The molecular formula is C27H22F3N5O3. The van der Waals surface area contributed by atoms with Crippen molar-refractivity contribution in [1.29, 1.82) is 0 Å². The predicted octanol–water partition coefficient (Wildman–Crippen LogP) is 5.54. The number of hydrogen-bond donors (Lipinski definition) is 0. The maximum absolute atomic E-state index is 12.5. The van der Waals surface area contributed by atoms with Crippen molar-refractivity contribution in [3.8, 4) is 28.7 Å². The van der Waals surface area contributed by atoms with Crippen LogP contribution >= 0.6 is 0 Å². The van der Waals surface area contributed by atoms with E-state index in [0.717, 1.165) is 48.5 Å². The van der Waals surface area contributed by atoms with Crippen molar-refractivity contribution in [1.82, 2.24) is 19.9 Å². The number of ether oxygens (including phenoxy) is 2. The number of fused-ring (bicyclic) bond motifs is 1. The summed E-state index contributed by atoms with van der Waals surface area (Å²) in [5.74, 6) is 0.121. The standard InChI is InChI=1S/C27H22F3N5O3/c28-27(29,30)37-21-10-8-19(9-11-21)25-31-26(38-33-25)24-22-6-1-2-7-23(22)35(32-24)17-18-4-3-5-20(16-18)34-12-14-36-15-13-34/h1-11,16H,12-15,17H2. The van der Waals surface area contributed by atoms with Gasteiger partial charge in [-0.3, -0.25) is 4.68 Å². The average molecular weight is 521 g/mol. The molecule has 3 aromatic carbocycles. The topological polar surface area (TPSA) is 78.4 Å². The molecule has 6 rings (SSSR count). The van der Waals surface area contributed by atoms with E-state index in [1.807, 2.05) is 35.0 Å². The van der Waals surface area contributed by atoms with E-state index >= 15 is 0 Å². The predicted molar refractivity (Wildman–Crippen MR) is 134 cm³/mol. The van der Waals surface area contributed by atoms with E-state index < -0.39 is 6.36 Å². The SMILES string of the molecule is FC(F)(F)Oc1ccc(-c2noc(-c3nn(Cc4cccc(N5CCOCC5)c4)c4ccccc34)n2)cc1. The van der Waals surface area contributed by atoms with Gasteiger partial charge in [0.25, 0.3) is 5.89 Å². The van der Waals surface area contributed by atoms with E-state index in [2.05, 4.69) is 38.0 Å². The van der Waals surface area contributed by atoms with Crippen molar-refractivity contribution in [2.45, 2.75) is 12.9 Å². The van der Waals surface area contributed by atoms with Crippen LogP contribution in [-0.2, 0) is 11.3 Å². The summed E-state index contributed by atoms with van der Waals surface area (Å²) in [4.78, 5) is 6.77. The maximum atomic E-state index is 12.5. The van der Waals surface area contributed by atoms with E-state index in [9.17, 15) is 13.2 Å². The molecule has 3 heterocycles. The zero-order chi connectivity index (χ0) is 26.1. The first-order valence-electron chi connectivity index (χ1n) is 12.0. The second-order valence-electron chi connectivity index (χ2n) is 8.79. The molecule has 1 fully saturated rings. The summed E-state index contributed by atoms with van der Waals surface area (Å²) in [6.45, 7) is 3.69. The lowest BCUT2D eigenvalue weighted by Gasteiger charge is -2.29. The van der Waals surface area contributed by atoms with Gasteiger partial charge in [0.05, 0.1) is 25.3 Å². The second kappa shape index (κ2) is 9.82. The van der Waals surface area contributed by atoms with E-state index in [4.69, 9.17) is 14.4 Å². The van der Waals surface area contributed by atoms with Gasteiger partial charge in [0.1, 0.15) is 5.75 Å². The molecular weight excluding hydrogens is 499 g/mol. The Labute approximate surface area is 215 Å². The molecule has 0 saturated carbocycles. The molecule has 0 bridgehead atoms. The van der Waals surface area contributed by atoms with Crippen LogP contribution in [0.25, 0.3) is 33.9 Å². The maximum Gasteiger partial charge on any atom is 0.573 e. The summed E-state index contributed by atoms with van der Waals surface area (Å²) >= 11 is 0. The van der Waals surface area contributed by atoms with Crippen LogP contribution in [0.2, 0.25) is 0 Å². The third-order valence-corrected chi connectivity index (χ3v) is 6.25. The molecule has 5 aromatic rings. The number of alkyl halides is 3. The molecule has 1 aliphatic rings. The summed E-state index contributed by atoms with van der Waals surface area (Å²) in [6.07, 6.45) is -4.76. The smallest absolute Gasteiger partial charge is 0.406 e. The minimum Gasteiger partial charge on any atom is -0.406 e. The zero-order valence-corrected chi connectivity index (χ0v) is 20.1. The summed E-state index contributed by atoms with van der Waals surface area (Å²) in [5, 5.41) is 9.66. The molecule has 2 aromatic heterocycles. The normalized spacial score (nSPS) is 14.2. The van der Waals surface area contributed by atoms with Gasteiger partial charge in [0.15, 0.2) is 5.69 Å². The first-order chi connectivity index (χ1) is 18.4. The van der Waals surface area contributed by atoms with Crippen molar-refractivity contribution in [2.24, 2.45) is 0 Å². The molecule has 0 radical (unpaired) electrons. The van der Waals surface area contributed by atoms with Gasteiger partial charge >= 0.3 is 6.36 Å². The van der Waals surface area contributed by atoms with Gasteiger partial charge in [-0.05, 0) is 48.0 Å². The molecule has 0 N–H and O–H groups in total. The van der Waals surface area contributed by atoms with Crippen molar-refractivity contribution in [3.05, 3.63) is 78.4 Å². The Morgan fingerprint density at radius 2 is 1.71 bits per heavy atom.